The lowest BCUT2D eigenvalue weighted by Gasteiger charge is -2.14. The Kier molecular flexibility index (Phi) is 6.71. The molecule has 0 bridgehead atoms. The minimum absolute atomic E-state index is 0.0712. The Hall–Kier alpha value is -2.65. The van der Waals surface area contributed by atoms with Crippen LogP contribution < -0.4 is 25.8 Å². The number of carbonyl (C=O) groups excluding carboxylic acids is 2. The van der Waals surface area contributed by atoms with Crippen molar-refractivity contribution in [3.05, 3.63) is 39.8 Å². The number of carbonyl (C=O) groups is 2. The van der Waals surface area contributed by atoms with Gasteiger partial charge in [-0.2, -0.15) is 0 Å². The molecule has 3 rings (SSSR count). The van der Waals surface area contributed by atoms with Gasteiger partial charge in [0.1, 0.15) is 22.1 Å². The summed E-state index contributed by atoms with van der Waals surface area (Å²) in [5, 5.41) is 6.25. The molecule has 9 heteroatoms. The third-order valence-electron chi connectivity index (χ3n) is 4.78. The van der Waals surface area contributed by atoms with Gasteiger partial charge in [0.15, 0.2) is 5.11 Å². The molecule has 0 saturated carbocycles. The third-order valence-corrected chi connectivity index (χ3v) is 6.19. The maximum atomic E-state index is 12.8. The van der Waals surface area contributed by atoms with Gasteiger partial charge in [0.2, 0.25) is 0 Å². The summed E-state index contributed by atoms with van der Waals surface area (Å²) in [6.07, 6.45) is 4.98. The van der Waals surface area contributed by atoms with Crippen LogP contribution >= 0.6 is 23.6 Å². The van der Waals surface area contributed by atoms with Gasteiger partial charge in [0.05, 0.1) is 19.8 Å². The zero-order valence-corrected chi connectivity index (χ0v) is 17.9. The monoisotopic (exact) mass is 433 g/mol. The summed E-state index contributed by atoms with van der Waals surface area (Å²) in [5.41, 5.74) is 7.35. The van der Waals surface area contributed by atoms with Crippen molar-refractivity contribution in [3.63, 3.8) is 0 Å². The molecule has 154 valence electrons. The van der Waals surface area contributed by atoms with E-state index in [0.29, 0.717) is 22.1 Å². The van der Waals surface area contributed by atoms with E-state index in [1.165, 1.54) is 25.6 Å². The van der Waals surface area contributed by atoms with Crippen molar-refractivity contribution in [1.29, 1.82) is 0 Å². The molecule has 2 amide bonds. The number of primary amides is 1. The average Bonchev–Trinajstić information content (AvgIpc) is 2.87. The van der Waals surface area contributed by atoms with Gasteiger partial charge in [0, 0.05) is 4.88 Å². The van der Waals surface area contributed by atoms with Crippen molar-refractivity contribution in [2.45, 2.75) is 32.1 Å². The number of hydrogen-bond donors (Lipinski definition) is 3. The van der Waals surface area contributed by atoms with Crippen LogP contribution in [0, 0.1) is 0 Å². The average molecular weight is 434 g/mol. The topological polar surface area (TPSA) is 103 Å². The summed E-state index contributed by atoms with van der Waals surface area (Å²) in [6.45, 7) is 0. The maximum absolute atomic E-state index is 12.8. The lowest BCUT2D eigenvalue weighted by Crippen LogP contribution is -2.34. The second-order valence-corrected chi connectivity index (χ2v) is 8.09. The SMILES string of the molecule is COc1cccc(OC)c1C(=O)NC(=S)Nc1sc2c(c1C(N)=O)CCCCC2. The highest BCUT2D eigenvalue weighted by Crippen LogP contribution is 2.37. The number of anilines is 1. The van der Waals surface area contributed by atoms with Crippen LogP contribution in [0.15, 0.2) is 18.2 Å². The Morgan fingerprint density at radius 3 is 2.34 bits per heavy atom. The number of amides is 2. The van der Waals surface area contributed by atoms with Crippen LogP contribution in [-0.4, -0.2) is 31.1 Å². The first-order valence-electron chi connectivity index (χ1n) is 9.24. The lowest BCUT2D eigenvalue weighted by atomic mass is 10.1. The van der Waals surface area contributed by atoms with Crippen LogP contribution in [0.5, 0.6) is 11.5 Å². The minimum Gasteiger partial charge on any atom is -0.496 e. The van der Waals surface area contributed by atoms with Crippen molar-refractivity contribution in [3.8, 4) is 11.5 Å². The predicted molar refractivity (Wildman–Crippen MR) is 117 cm³/mol. The van der Waals surface area contributed by atoms with Crippen LogP contribution in [0.4, 0.5) is 5.00 Å². The number of aryl methyl sites for hydroxylation is 1. The van der Waals surface area contributed by atoms with Crippen molar-refractivity contribution >= 4 is 45.5 Å². The van der Waals surface area contributed by atoms with Crippen molar-refractivity contribution in [2.24, 2.45) is 5.73 Å². The third kappa shape index (κ3) is 4.51. The molecule has 1 aliphatic carbocycles. The van der Waals surface area contributed by atoms with Crippen molar-refractivity contribution in [2.75, 3.05) is 19.5 Å². The van der Waals surface area contributed by atoms with E-state index in [1.807, 2.05) is 0 Å². The summed E-state index contributed by atoms with van der Waals surface area (Å²) in [6, 6.07) is 5.05. The molecule has 0 saturated heterocycles. The zero-order valence-electron chi connectivity index (χ0n) is 16.3. The minimum atomic E-state index is -0.493. The standard InChI is InChI=1S/C20H23N3O4S2/c1-26-12-8-6-9-13(27-2)16(12)18(25)22-20(28)23-19-15(17(21)24)11-7-4-3-5-10-14(11)29-19/h6,8-9H,3-5,7,10H2,1-2H3,(H2,21,24)(H2,22,23,25,28). The molecule has 4 N–H and O–H groups in total. The molecular formula is C20H23N3O4S2. The number of methoxy groups -OCH3 is 2. The Morgan fingerprint density at radius 1 is 1.07 bits per heavy atom. The molecule has 0 unspecified atom stereocenters. The predicted octanol–water partition coefficient (Wildman–Crippen LogP) is 3.26. The van der Waals surface area contributed by atoms with E-state index in [1.54, 1.807) is 18.2 Å². The van der Waals surface area contributed by atoms with Gasteiger partial charge in [-0.25, -0.2) is 0 Å². The molecule has 1 heterocycles. The molecule has 29 heavy (non-hydrogen) atoms. The van der Waals surface area contributed by atoms with Gasteiger partial charge in [-0.15, -0.1) is 11.3 Å². The Bertz CT molecular complexity index is 933. The van der Waals surface area contributed by atoms with Crippen molar-refractivity contribution < 1.29 is 19.1 Å². The second kappa shape index (κ2) is 9.23. The number of benzene rings is 1. The number of rotatable bonds is 5. The van der Waals surface area contributed by atoms with Gasteiger partial charge >= 0.3 is 0 Å². The van der Waals surface area contributed by atoms with Gasteiger partial charge in [-0.05, 0) is 55.6 Å². The maximum Gasteiger partial charge on any atom is 0.264 e. The second-order valence-electron chi connectivity index (χ2n) is 6.58. The smallest absolute Gasteiger partial charge is 0.264 e. The van der Waals surface area contributed by atoms with Crippen LogP contribution in [0.2, 0.25) is 0 Å². The molecule has 1 aromatic heterocycles. The molecular weight excluding hydrogens is 410 g/mol. The first-order chi connectivity index (χ1) is 14.0. The number of hydrogen-bond acceptors (Lipinski definition) is 6. The summed E-state index contributed by atoms with van der Waals surface area (Å²) < 4.78 is 10.5. The Morgan fingerprint density at radius 2 is 1.72 bits per heavy atom. The lowest BCUT2D eigenvalue weighted by molar-refractivity contribution is 0.0969. The molecule has 0 fully saturated rings. The largest absolute Gasteiger partial charge is 0.496 e. The number of fused-ring (bicyclic) bond motifs is 1. The summed E-state index contributed by atoms with van der Waals surface area (Å²) >= 11 is 6.78. The fraction of sp³-hybridized carbons (Fsp3) is 0.350. The van der Waals surface area contributed by atoms with Gasteiger partial charge < -0.3 is 20.5 Å². The fourth-order valence-corrected chi connectivity index (χ4v) is 5.02. The Balaban J connectivity index is 1.82. The molecule has 1 aliphatic rings. The zero-order chi connectivity index (χ0) is 21.0. The number of thiocarbonyl (C=S) groups is 1. The molecule has 1 aromatic carbocycles. The van der Waals surface area contributed by atoms with E-state index in [2.05, 4.69) is 10.6 Å². The summed E-state index contributed by atoms with van der Waals surface area (Å²) in [7, 11) is 2.94. The quantitative estimate of drug-likeness (QED) is 0.494. The van der Waals surface area contributed by atoms with Crippen molar-refractivity contribution in [1.82, 2.24) is 5.32 Å². The molecule has 2 aromatic rings. The number of ether oxygens (including phenoxy) is 2. The molecule has 0 radical (unpaired) electrons. The van der Waals surface area contributed by atoms with Crippen LogP contribution in [-0.2, 0) is 12.8 Å². The highest BCUT2D eigenvalue weighted by Gasteiger charge is 2.25. The van der Waals surface area contributed by atoms with E-state index in [9.17, 15) is 9.59 Å². The highest BCUT2D eigenvalue weighted by molar-refractivity contribution is 7.80. The molecule has 7 nitrogen and oxygen atoms in total. The van der Waals surface area contributed by atoms with E-state index in [-0.39, 0.29) is 10.7 Å². The first-order valence-corrected chi connectivity index (χ1v) is 10.5. The molecule has 0 aliphatic heterocycles. The highest BCUT2D eigenvalue weighted by atomic mass is 32.1. The summed E-state index contributed by atoms with van der Waals surface area (Å²) in [5.74, 6) is -0.237. The summed E-state index contributed by atoms with van der Waals surface area (Å²) in [4.78, 5) is 26.0. The number of nitrogens with one attached hydrogen (secondary N) is 2. The van der Waals surface area contributed by atoms with Crippen LogP contribution in [0.1, 0.15) is 50.4 Å². The first kappa shape index (κ1) is 21.1. The molecule has 0 atom stereocenters. The van der Waals surface area contributed by atoms with Crippen LogP contribution in [0.25, 0.3) is 0 Å². The number of nitrogens with two attached hydrogens (primary N) is 1. The van der Waals surface area contributed by atoms with Gasteiger partial charge in [-0.1, -0.05) is 12.5 Å². The fourth-order valence-electron chi connectivity index (χ4n) is 3.47. The van der Waals surface area contributed by atoms with E-state index >= 15 is 0 Å². The normalized spacial score (nSPS) is 13.0. The van der Waals surface area contributed by atoms with Gasteiger partial charge in [0.25, 0.3) is 11.8 Å². The molecule has 0 spiro atoms. The van der Waals surface area contributed by atoms with E-state index in [0.717, 1.165) is 42.5 Å². The van der Waals surface area contributed by atoms with E-state index in [4.69, 9.17) is 27.4 Å². The van der Waals surface area contributed by atoms with E-state index < -0.39 is 11.8 Å². The van der Waals surface area contributed by atoms with Gasteiger partial charge in [-0.3, -0.25) is 14.9 Å². The number of thiophene rings is 1. The Labute approximate surface area is 178 Å². The van der Waals surface area contributed by atoms with Crippen LogP contribution in [0.3, 0.4) is 0 Å².